The van der Waals surface area contributed by atoms with E-state index in [1.807, 2.05) is 37.7 Å². The predicted molar refractivity (Wildman–Crippen MR) is 72.1 cm³/mol. The molecule has 17 heavy (non-hydrogen) atoms. The maximum atomic E-state index is 12.0. The second kappa shape index (κ2) is 5.06. The van der Waals surface area contributed by atoms with E-state index in [1.165, 1.54) is 16.6 Å². The number of ketones is 1. The topological polar surface area (TPSA) is 34.9 Å². The van der Waals surface area contributed by atoms with Crippen molar-refractivity contribution in [1.29, 1.82) is 0 Å². The summed E-state index contributed by atoms with van der Waals surface area (Å²) in [6.45, 7) is 4.02. The highest BCUT2D eigenvalue weighted by Crippen LogP contribution is 2.23. The van der Waals surface area contributed by atoms with E-state index in [1.54, 1.807) is 17.5 Å². The summed E-state index contributed by atoms with van der Waals surface area (Å²) < 4.78 is 1.92. The summed E-state index contributed by atoms with van der Waals surface area (Å²) in [5.74, 6) is 0.627. The van der Waals surface area contributed by atoms with Gasteiger partial charge in [-0.05, 0) is 19.9 Å². The molecular weight excluding hydrogens is 252 g/mol. The standard InChI is InChI=1S/C12H14N2OS2/c1-8-6-10(9(2)17-8)11(15)7-16-12-13-4-5-14(12)3/h4-6H,7H2,1-3H3. The quantitative estimate of drug-likeness (QED) is 0.630. The Hall–Kier alpha value is -1.07. The summed E-state index contributed by atoms with van der Waals surface area (Å²) in [6.07, 6.45) is 3.62. The van der Waals surface area contributed by atoms with E-state index in [0.29, 0.717) is 5.75 Å². The zero-order valence-electron chi connectivity index (χ0n) is 10.1. The molecule has 90 valence electrons. The summed E-state index contributed by atoms with van der Waals surface area (Å²) in [4.78, 5) is 18.5. The van der Waals surface area contributed by atoms with Gasteiger partial charge in [-0.3, -0.25) is 4.79 Å². The molecule has 0 N–H and O–H groups in total. The molecule has 0 saturated carbocycles. The van der Waals surface area contributed by atoms with Gasteiger partial charge in [0.1, 0.15) is 0 Å². The number of aromatic nitrogens is 2. The highest BCUT2D eigenvalue weighted by Gasteiger charge is 2.13. The van der Waals surface area contributed by atoms with Gasteiger partial charge in [0.25, 0.3) is 0 Å². The molecule has 0 aliphatic heterocycles. The normalized spacial score (nSPS) is 10.8. The second-order valence-electron chi connectivity index (χ2n) is 3.86. The lowest BCUT2D eigenvalue weighted by Gasteiger charge is -2.01. The fraction of sp³-hybridized carbons (Fsp3) is 0.333. The van der Waals surface area contributed by atoms with Crippen molar-refractivity contribution in [3.63, 3.8) is 0 Å². The van der Waals surface area contributed by atoms with Crippen LogP contribution < -0.4 is 0 Å². The molecule has 2 rings (SSSR count). The molecule has 2 heterocycles. The minimum atomic E-state index is 0.180. The molecule has 2 aromatic rings. The number of thioether (sulfide) groups is 1. The van der Waals surface area contributed by atoms with Crippen LogP contribution in [0.3, 0.4) is 0 Å². The van der Waals surface area contributed by atoms with Gasteiger partial charge in [0.2, 0.25) is 0 Å². The van der Waals surface area contributed by atoms with Gasteiger partial charge in [0.05, 0.1) is 5.75 Å². The van der Waals surface area contributed by atoms with Gasteiger partial charge < -0.3 is 4.57 Å². The van der Waals surface area contributed by atoms with Crippen molar-refractivity contribution in [2.75, 3.05) is 5.75 Å². The van der Waals surface area contributed by atoms with Crippen molar-refractivity contribution >= 4 is 28.9 Å². The van der Waals surface area contributed by atoms with Crippen molar-refractivity contribution < 1.29 is 4.79 Å². The molecule has 2 aromatic heterocycles. The van der Waals surface area contributed by atoms with Crippen molar-refractivity contribution in [3.05, 3.63) is 33.8 Å². The van der Waals surface area contributed by atoms with E-state index in [4.69, 9.17) is 0 Å². The molecule has 3 nitrogen and oxygen atoms in total. The monoisotopic (exact) mass is 266 g/mol. The molecule has 0 bridgehead atoms. The van der Waals surface area contributed by atoms with Crippen molar-refractivity contribution in [2.24, 2.45) is 7.05 Å². The molecule has 0 aliphatic rings. The Balaban J connectivity index is 2.03. The van der Waals surface area contributed by atoms with Crippen LogP contribution in [0.5, 0.6) is 0 Å². The average Bonchev–Trinajstić information content (AvgIpc) is 2.81. The third-order valence-electron chi connectivity index (χ3n) is 2.45. The van der Waals surface area contributed by atoms with E-state index >= 15 is 0 Å². The Morgan fingerprint density at radius 1 is 1.53 bits per heavy atom. The first-order chi connectivity index (χ1) is 8.08. The van der Waals surface area contributed by atoms with Crippen LogP contribution in [-0.2, 0) is 7.05 Å². The molecule has 0 atom stereocenters. The molecule has 0 spiro atoms. The fourth-order valence-electron chi connectivity index (χ4n) is 1.61. The smallest absolute Gasteiger partial charge is 0.174 e. The number of nitrogens with zero attached hydrogens (tertiary/aromatic N) is 2. The zero-order chi connectivity index (χ0) is 12.4. The molecule has 0 radical (unpaired) electrons. The SMILES string of the molecule is Cc1cc(C(=O)CSc2nccn2C)c(C)s1. The van der Waals surface area contributed by atoms with Gasteiger partial charge in [-0.25, -0.2) is 4.98 Å². The molecule has 0 amide bonds. The largest absolute Gasteiger partial charge is 0.329 e. The van der Waals surface area contributed by atoms with E-state index in [9.17, 15) is 4.79 Å². The summed E-state index contributed by atoms with van der Waals surface area (Å²) >= 11 is 3.15. The van der Waals surface area contributed by atoms with Crippen LogP contribution in [-0.4, -0.2) is 21.1 Å². The molecular formula is C12H14N2OS2. The highest BCUT2D eigenvalue weighted by molar-refractivity contribution is 7.99. The van der Waals surface area contributed by atoms with Gasteiger partial charge in [-0.15, -0.1) is 11.3 Å². The van der Waals surface area contributed by atoms with E-state index in [2.05, 4.69) is 4.98 Å². The Labute approximate surface area is 109 Å². The van der Waals surface area contributed by atoms with Crippen LogP contribution in [0.1, 0.15) is 20.1 Å². The maximum absolute atomic E-state index is 12.0. The third kappa shape index (κ3) is 2.79. The van der Waals surface area contributed by atoms with E-state index in [-0.39, 0.29) is 5.78 Å². The van der Waals surface area contributed by atoms with Crippen LogP contribution in [0.25, 0.3) is 0 Å². The van der Waals surface area contributed by atoms with Gasteiger partial charge in [-0.1, -0.05) is 11.8 Å². The predicted octanol–water partition coefficient (Wildman–Crippen LogP) is 3.07. The number of aryl methyl sites for hydroxylation is 3. The number of rotatable bonds is 4. The molecule has 0 fully saturated rings. The van der Waals surface area contributed by atoms with Crippen molar-refractivity contribution in [1.82, 2.24) is 9.55 Å². The lowest BCUT2D eigenvalue weighted by atomic mass is 10.2. The van der Waals surface area contributed by atoms with Crippen LogP contribution in [0, 0.1) is 13.8 Å². The van der Waals surface area contributed by atoms with E-state index < -0.39 is 0 Å². The Kier molecular flexibility index (Phi) is 3.69. The van der Waals surface area contributed by atoms with Gasteiger partial charge >= 0.3 is 0 Å². The minimum absolute atomic E-state index is 0.180. The van der Waals surface area contributed by atoms with Crippen LogP contribution in [0.4, 0.5) is 0 Å². The van der Waals surface area contributed by atoms with Gasteiger partial charge in [0, 0.05) is 34.8 Å². The number of hydrogen-bond acceptors (Lipinski definition) is 4. The van der Waals surface area contributed by atoms with E-state index in [0.717, 1.165) is 15.6 Å². The average molecular weight is 266 g/mol. The summed E-state index contributed by atoms with van der Waals surface area (Å²) in [5, 5.41) is 0.878. The van der Waals surface area contributed by atoms with Crippen molar-refractivity contribution in [3.8, 4) is 0 Å². The Morgan fingerprint density at radius 2 is 2.29 bits per heavy atom. The summed E-state index contributed by atoms with van der Waals surface area (Å²) in [7, 11) is 1.93. The fourth-order valence-corrected chi connectivity index (χ4v) is 3.36. The maximum Gasteiger partial charge on any atom is 0.174 e. The van der Waals surface area contributed by atoms with Crippen molar-refractivity contribution in [2.45, 2.75) is 19.0 Å². The lowest BCUT2D eigenvalue weighted by Crippen LogP contribution is -2.03. The first-order valence-corrected chi connectivity index (χ1v) is 7.08. The Morgan fingerprint density at radius 3 is 2.82 bits per heavy atom. The first kappa shape index (κ1) is 12.4. The summed E-state index contributed by atoms with van der Waals surface area (Å²) in [5.41, 5.74) is 0.856. The molecule has 5 heteroatoms. The number of carbonyl (C=O) groups excluding carboxylic acids is 1. The van der Waals surface area contributed by atoms with Crippen LogP contribution >= 0.6 is 23.1 Å². The Bertz CT molecular complexity index is 542. The van der Waals surface area contributed by atoms with Crippen LogP contribution in [0.2, 0.25) is 0 Å². The van der Waals surface area contributed by atoms with Crippen LogP contribution in [0.15, 0.2) is 23.6 Å². The molecule has 0 saturated heterocycles. The molecule has 0 unspecified atom stereocenters. The number of hydrogen-bond donors (Lipinski definition) is 0. The number of imidazole rings is 1. The van der Waals surface area contributed by atoms with Gasteiger partial charge in [0.15, 0.2) is 10.9 Å². The minimum Gasteiger partial charge on any atom is -0.329 e. The number of thiophene rings is 1. The summed E-state index contributed by atoms with van der Waals surface area (Å²) in [6, 6.07) is 1.97. The molecule has 0 aromatic carbocycles. The highest BCUT2D eigenvalue weighted by atomic mass is 32.2. The lowest BCUT2D eigenvalue weighted by molar-refractivity contribution is 0.102. The molecule has 0 aliphatic carbocycles. The van der Waals surface area contributed by atoms with Gasteiger partial charge in [-0.2, -0.15) is 0 Å². The third-order valence-corrected chi connectivity index (χ3v) is 4.47. The second-order valence-corrected chi connectivity index (χ2v) is 6.26. The number of Topliss-reactive ketones (excluding diaryl/α,β-unsaturated/α-hetero) is 1. The first-order valence-electron chi connectivity index (χ1n) is 5.28. The number of carbonyl (C=O) groups is 1. The zero-order valence-corrected chi connectivity index (χ0v) is 11.7.